The lowest BCUT2D eigenvalue weighted by molar-refractivity contribution is -0.870. The SMILES string of the molecule is CCCCC/C=C\C/C=C\C/C=C\CCCCCCCCCCC(=O)NC(COP(=O)(O)OCC[N+](C)(C)C)C(/C=C\CCCCCCCCCCCC)OC(=O)CCCCCCCCCCCCC. The predicted octanol–water partition coefficient (Wildman–Crippen LogP) is 17.7. The molecule has 0 spiro atoms. The molecule has 0 fully saturated rings. The Morgan fingerprint density at radius 1 is 0.500 bits per heavy atom. The number of hydrogen-bond acceptors (Lipinski definition) is 6. The minimum Gasteiger partial charge on any atom is -0.456 e. The largest absolute Gasteiger partial charge is 0.472 e. The molecule has 0 aliphatic rings. The van der Waals surface area contributed by atoms with Crippen molar-refractivity contribution in [3.63, 3.8) is 0 Å². The van der Waals surface area contributed by atoms with Gasteiger partial charge in [0.05, 0.1) is 33.8 Å². The fourth-order valence-corrected chi connectivity index (χ4v) is 9.15. The summed E-state index contributed by atoms with van der Waals surface area (Å²) in [6.45, 7) is 6.98. The highest BCUT2D eigenvalue weighted by Gasteiger charge is 2.30. The molecule has 0 heterocycles. The van der Waals surface area contributed by atoms with E-state index in [-0.39, 0.29) is 25.1 Å². The van der Waals surface area contributed by atoms with Crippen molar-refractivity contribution < 1.29 is 37.3 Å². The number of phosphoric ester groups is 1. The average Bonchev–Trinajstić information content (AvgIpc) is 3.32. The van der Waals surface area contributed by atoms with Gasteiger partial charge in [-0.25, -0.2) is 4.57 Å². The van der Waals surface area contributed by atoms with Gasteiger partial charge in [-0.3, -0.25) is 18.6 Å². The lowest BCUT2D eigenvalue weighted by atomic mass is 10.0. The zero-order valence-electron chi connectivity index (χ0n) is 46.8. The number of esters is 1. The summed E-state index contributed by atoms with van der Waals surface area (Å²) in [5, 5.41) is 3.05. The molecular weight excluding hydrogens is 892 g/mol. The van der Waals surface area contributed by atoms with Crippen molar-refractivity contribution >= 4 is 19.7 Å². The first-order valence-corrected chi connectivity index (χ1v) is 31.0. The Balaban J connectivity index is 5.23. The number of phosphoric acid groups is 1. The van der Waals surface area contributed by atoms with Gasteiger partial charge in [-0.05, 0) is 70.3 Å². The monoisotopic (exact) mass is 1010 g/mol. The number of hydrogen-bond donors (Lipinski definition) is 2. The second-order valence-corrected chi connectivity index (χ2v) is 22.6. The Hall–Kier alpha value is -2.03. The zero-order valence-corrected chi connectivity index (χ0v) is 47.7. The second kappa shape index (κ2) is 50.5. The van der Waals surface area contributed by atoms with Gasteiger partial charge in [0.15, 0.2) is 0 Å². The van der Waals surface area contributed by atoms with Crippen LogP contribution in [0.15, 0.2) is 48.6 Å². The first-order chi connectivity index (χ1) is 33.9. The Labute approximate surface area is 433 Å². The molecule has 1 amide bonds. The van der Waals surface area contributed by atoms with E-state index in [2.05, 4.69) is 62.5 Å². The molecule has 0 saturated heterocycles. The van der Waals surface area contributed by atoms with Gasteiger partial charge in [-0.2, -0.15) is 0 Å². The summed E-state index contributed by atoms with van der Waals surface area (Å²) >= 11 is 0. The van der Waals surface area contributed by atoms with Gasteiger partial charge < -0.3 is 19.4 Å². The third-order valence-corrected chi connectivity index (χ3v) is 14.0. The van der Waals surface area contributed by atoms with Crippen LogP contribution in [0.5, 0.6) is 0 Å². The highest BCUT2D eigenvalue weighted by atomic mass is 31.2. The van der Waals surface area contributed by atoms with Gasteiger partial charge in [0.25, 0.3) is 0 Å². The summed E-state index contributed by atoms with van der Waals surface area (Å²) in [5.41, 5.74) is 0. The molecule has 9 nitrogen and oxygen atoms in total. The summed E-state index contributed by atoms with van der Waals surface area (Å²) in [6, 6.07) is -0.848. The third-order valence-electron chi connectivity index (χ3n) is 13.0. The molecule has 3 unspecified atom stereocenters. The first kappa shape index (κ1) is 68.0. The number of nitrogens with zero attached hydrogens (tertiary/aromatic N) is 1. The molecule has 0 rings (SSSR count). The lowest BCUT2D eigenvalue weighted by Crippen LogP contribution is -2.47. The smallest absolute Gasteiger partial charge is 0.456 e. The van der Waals surface area contributed by atoms with Crippen LogP contribution in [0.4, 0.5) is 0 Å². The summed E-state index contributed by atoms with van der Waals surface area (Å²) in [6.07, 6.45) is 61.0. The van der Waals surface area contributed by atoms with Crippen molar-refractivity contribution in [1.82, 2.24) is 5.32 Å². The number of likely N-dealkylation sites (N-methyl/N-ethyl adjacent to an activating group) is 1. The highest BCUT2D eigenvalue weighted by molar-refractivity contribution is 7.47. The van der Waals surface area contributed by atoms with Crippen molar-refractivity contribution in [2.45, 2.75) is 283 Å². The number of nitrogens with one attached hydrogen (secondary N) is 1. The van der Waals surface area contributed by atoms with E-state index in [0.29, 0.717) is 23.9 Å². The van der Waals surface area contributed by atoms with E-state index < -0.39 is 20.0 Å². The molecular formula is C60H114N2O7P+. The maximum absolute atomic E-state index is 13.5. The number of amides is 1. The summed E-state index contributed by atoms with van der Waals surface area (Å²) in [7, 11) is 1.49. The zero-order chi connectivity index (χ0) is 51.5. The first-order valence-electron chi connectivity index (χ1n) is 29.5. The van der Waals surface area contributed by atoms with E-state index in [1.54, 1.807) is 0 Å². The molecule has 410 valence electrons. The average molecular weight is 1010 g/mol. The standard InChI is InChI=1S/C60H113N2O7P/c1-7-10-13-16-19-22-25-27-28-29-30-31-32-33-34-35-38-40-43-46-49-52-59(63)61-57(56-68-70(65,66)67-55-54-62(4,5)6)58(51-48-45-42-39-37-26-23-20-17-14-11-8-2)69-60(64)53-50-47-44-41-36-24-21-18-15-12-9-3/h19,22,27-28,30-31,48,51,57-58H,7-18,20-21,23-26,29,32-47,49-50,52-56H2,1-6H3,(H-,61,63,65,66)/p+1/b22-19-,28-27-,31-30-,51-48-. The Morgan fingerprint density at radius 2 is 0.871 bits per heavy atom. The fraction of sp³-hybridized carbons (Fsp3) is 0.833. The number of ether oxygens (including phenoxy) is 1. The summed E-state index contributed by atoms with van der Waals surface area (Å²) < 4.78 is 30.6. The molecule has 0 aliphatic carbocycles. The Kier molecular flexibility index (Phi) is 49.0. The lowest BCUT2D eigenvalue weighted by Gasteiger charge is -2.27. The minimum absolute atomic E-state index is 0.0394. The normalized spacial score (nSPS) is 14.1. The van der Waals surface area contributed by atoms with Gasteiger partial charge in [0.2, 0.25) is 5.91 Å². The third kappa shape index (κ3) is 50.9. The van der Waals surface area contributed by atoms with Crippen LogP contribution in [0.25, 0.3) is 0 Å². The van der Waals surface area contributed by atoms with E-state index in [4.69, 9.17) is 13.8 Å². The van der Waals surface area contributed by atoms with Crippen LogP contribution in [0.2, 0.25) is 0 Å². The Morgan fingerprint density at radius 3 is 1.33 bits per heavy atom. The quantitative estimate of drug-likeness (QED) is 0.0205. The number of quaternary nitrogens is 1. The summed E-state index contributed by atoms with van der Waals surface area (Å²) in [5.74, 6) is -0.508. The van der Waals surface area contributed by atoms with E-state index in [1.165, 1.54) is 154 Å². The van der Waals surface area contributed by atoms with Crippen LogP contribution in [0.3, 0.4) is 0 Å². The van der Waals surface area contributed by atoms with Crippen LogP contribution >= 0.6 is 7.82 Å². The highest BCUT2D eigenvalue weighted by Crippen LogP contribution is 2.43. The van der Waals surface area contributed by atoms with Crippen molar-refractivity contribution in [3.05, 3.63) is 48.6 Å². The molecule has 3 atom stereocenters. The Bertz CT molecular complexity index is 1340. The molecule has 0 radical (unpaired) electrons. The maximum atomic E-state index is 13.5. The minimum atomic E-state index is -4.44. The van der Waals surface area contributed by atoms with Crippen LogP contribution in [-0.4, -0.2) is 74.3 Å². The van der Waals surface area contributed by atoms with E-state index in [1.807, 2.05) is 33.3 Å². The molecule has 10 heteroatoms. The summed E-state index contributed by atoms with van der Waals surface area (Å²) in [4.78, 5) is 37.6. The number of rotatable bonds is 53. The molecule has 70 heavy (non-hydrogen) atoms. The van der Waals surface area contributed by atoms with Gasteiger partial charge in [0.1, 0.15) is 19.3 Å². The van der Waals surface area contributed by atoms with Crippen molar-refractivity contribution in [3.8, 4) is 0 Å². The molecule has 2 N–H and O–H groups in total. The number of unbranched alkanes of at least 4 members (excludes halogenated alkanes) is 31. The fourth-order valence-electron chi connectivity index (χ4n) is 8.42. The molecule has 0 saturated carbocycles. The van der Waals surface area contributed by atoms with Gasteiger partial charge in [0, 0.05) is 12.8 Å². The predicted molar refractivity (Wildman–Crippen MR) is 300 cm³/mol. The van der Waals surface area contributed by atoms with Crippen LogP contribution in [-0.2, 0) is 27.9 Å². The molecule has 0 bridgehead atoms. The topological polar surface area (TPSA) is 111 Å². The van der Waals surface area contributed by atoms with Gasteiger partial charge in [-0.1, -0.05) is 237 Å². The molecule has 0 aromatic heterocycles. The van der Waals surface area contributed by atoms with Crippen molar-refractivity contribution in [2.75, 3.05) is 40.9 Å². The van der Waals surface area contributed by atoms with Gasteiger partial charge in [-0.15, -0.1) is 0 Å². The van der Waals surface area contributed by atoms with Crippen molar-refractivity contribution in [1.29, 1.82) is 0 Å². The number of allylic oxidation sites excluding steroid dienone is 7. The molecule has 0 aliphatic heterocycles. The van der Waals surface area contributed by atoms with Gasteiger partial charge >= 0.3 is 13.8 Å². The van der Waals surface area contributed by atoms with Crippen molar-refractivity contribution in [2.24, 2.45) is 0 Å². The van der Waals surface area contributed by atoms with Crippen LogP contribution in [0, 0.1) is 0 Å². The number of carbonyl (C=O) groups excluding carboxylic acids is 2. The van der Waals surface area contributed by atoms with E-state index >= 15 is 0 Å². The van der Waals surface area contributed by atoms with Crippen LogP contribution in [0.1, 0.15) is 271 Å². The number of carbonyl (C=O) groups is 2. The second-order valence-electron chi connectivity index (χ2n) is 21.2. The van der Waals surface area contributed by atoms with Crippen LogP contribution < -0.4 is 5.32 Å². The molecule has 0 aromatic carbocycles. The maximum Gasteiger partial charge on any atom is 0.472 e. The van der Waals surface area contributed by atoms with E-state index in [9.17, 15) is 19.0 Å². The molecule has 0 aromatic rings. The van der Waals surface area contributed by atoms with E-state index in [0.717, 1.165) is 83.5 Å².